The first-order chi connectivity index (χ1) is 9.42. The lowest BCUT2D eigenvalue weighted by molar-refractivity contribution is -0.154. The standard InChI is InChI=1S/C17H22O3/c1-10-7-14-8-11(2)17(10,4)15(20-12(3)18)9-13-5-6-19-16(13)14/h5-7,11,14-15H,8-9H2,1-4H3/t11-,14+,15-,17-/m1/s1. The number of fused-ring (bicyclic) bond motifs is 2. The van der Waals surface area contributed by atoms with Crippen molar-refractivity contribution in [3.63, 3.8) is 0 Å². The van der Waals surface area contributed by atoms with Crippen molar-refractivity contribution >= 4 is 5.97 Å². The smallest absolute Gasteiger partial charge is 0.302 e. The Bertz CT molecular complexity index is 569. The highest BCUT2D eigenvalue weighted by Gasteiger charge is 2.48. The van der Waals surface area contributed by atoms with Crippen molar-refractivity contribution in [2.24, 2.45) is 11.3 Å². The first kappa shape index (κ1) is 13.5. The summed E-state index contributed by atoms with van der Waals surface area (Å²) in [4.78, 5) is 11.5. The van der Waals surface area contributed by atoms with Crippen LogP contribution >= 0.6 is 0 Å². The third-order valence-corrected chi connectivity index (χ3v) is 5.43. The minimum Gasteiger partial charge on any atom is -0.468 e. The third-order valence-electron chi connectivity index (χ3n) is 5.43. The summed E-state index contributed by atoms with van der Waals surface area (Å²) >= 11 is 0. The molecule has 0 N–H and O–H groups in total. The van der Waals surface area contributed by atoms with Crippen LogP contribution in [-0.2, 0) is 16.0 Å². The van der Waals surface area contributed by atoms with Crippen molar-refractivity contribution in [3.05, 3.63) is 35.3 Å². The molecule has 3 heteroatoms. The lowest BCUT2D eigenvalue weighted by atomic mass is 9.59. The van der Waals surface area contributed by atoms with Crippen molar-refractivity contribution in [1.29, 1.82) is 0 Å². The summed E-state index contributed by atoms with van der Waals surface area (Å²) in [7, 11) is 0. The number of hydrogen-bond donors (Lipinski definition) is 0. The van der Waals surface area contributed by atoms with E-state index in [0.717, 1.165) is 18.6 Å². The van der Waals surface area contributed by atoms with Crippen LogP contribution in [0.4, 0.5) is 0 Å². The van der Waals surface area contributed by atoms with E-state index in [9.17, 15) is 4.79 Å². The summed E-state index contributed by atoms with van der Waals surface area (Å²) < 4.78 is 11.4. The predicted molar refractivity (Wildman–Crippen MR) is 76.4 cm³/mol. The Morgan fingerprint density at radius 3 is 2.90 bits per heavy atom. The molecule has 4 rings (SSSR count). The molecular formula is C17H22O3. The largest absolute Gasteiger partial charge is 0.468 e. The highest BCUT2D eigenvalue weighted by molar-refractivity contribution is 5.66. The fraction of sp³-hybridized carbons (Fsp3) is 0.588. The molecule has 20 heavy (non-hydrogen) atoms. The van der Waals surface area contributed by atoms with E-state index >= 15 is 0 Å². The molecule has 0 amide bonds. The van der Waals surface area contributed by atoms with Gasteiger partial charge in [-0.2, -0.15) is 0 Å². The molecule has 0 spiro atoms. The summed E-state index contributed by atoms with van der Waals surface area (Å²) in [5.41, 5.74) is 2.41. The molecule has 0 radical (unpaired) electrons. The van der Waals surface area contributed by atoms with E-state index in [2.05, 4.69) is 26.8 Å². The molecule has 4 atom stereocenters. The lowest BCUT2D eigenvalue weighted by Crippen LogP contribution is -2.46. The van der Waals surface area contributed by atoms with Crippen LogP contribution in [0.5, 0.6) is 0 Å². The van der Waals surface area contributed by atoms with Crippen LogP contribution < -0.4 is 0 Å². The summed E-state index contributed by atoms with van der Waals surface area (Å²) in [6.07, 6.45) is 5.73. The SMILES string of the molecule is CC(=O)O[C@@H]1Cc2ccoc2[C@H]2C=C(C)[C@]1(C)[C@H](C)C2. The number of rotatable bonds is 1. The summed E-state index contributed by atoms with van der Waals surface area (Å²) in [6, 6.07) is 2.02. The second-order valence-electron chi connectivity index (χ2n) is 6.49. The molecule has 2 bridgehead atoms. The fourth-order valence-electron chi connectivity index (χ4n) is 3.94. The van der Waals surface area contributed by atoms with Gasteiger partial charge < -0.3 is 9.15 Å². The molecule has 1 aromatic rings. The van der Waals surface area contributed by atoms with Gasteiger partial charge in [0.1, 0.15) is 11.9 Å². The molecule has 0 aliphatic heterocycles. The maximum atomic E-state index is 11.5. The number of carbonyl (C=O) groups excluding carboxylic acids is 1. The van der Waals surface area contributed by atoms with E-state index in [4.69, 9.17) is 9.15 Å². The lowest BCUT2D eigenvalue weighted by Gasteiger charge is -2.48. The van der Waals surface area contributed by atoms with E-state index < -0.39 is 0 Å². The van der Waals surface area contributed by atoms with E-state index in [1.54, 1.807) is 6.26 Å². The summed E-state index contributed by atoms with van der Waals surface area (Å²) in [5.74, 6) is 1.67. The second-order valence-corrected chi connectivity index (χ2v) is 6.49. The molecule has 1 heterocycles. The van der Waals surface area contributed by atoms with Crippen LogP contribution in [0.15, 0.2) is 28.4 Å². The van der Waals surface area contributed by atoms with Crippen molar-refractivity contribution in [1.82, 2.24) is 0 Å². The van der Waals surface area contributed by atoms with Crippen molar-refractivity contribution in [2.75, 3.05) is 0 Å². The van der Waals surface area contributed by atoms with Gasteiger partial charge in [0.05, 0.1) is 6.26 Å². The van der Waals surface area contributed by atoms with Crippen LogP contribution in [0.25, 0.3) is 0 Å². The van der Waals surface area contributed by atoms with Crippen molar-refractivity contribution in [2.45, 2.75) is 52.6 Å². The van der Waals surface area contributed by atoms with Crippen LogP contribution in [0.2, 0.25) is 0 Å². The molecule has 3 aliphatic rings. The Balaban J connectivity index is 2.13. The van der Waals surface area contributed by atoms with Gasteiger partial charge in [0.25, 0.3) is 0 Å². The molecule has 1 aromatic heterocycles. The Morgan fingerprint density at radius 1 is 1.50 bits per heavy atom. The summed E-state index contributed by atoms with van der Waals surface area (Å²) in [5, 5.41) is 0. The van der Waals surface area contributed by atoms with Gasteiger partial charge in [-0.15, -0.1) is 0 Å². The van der Waals surface area contributed by atoms with Gasteiger partial charge in [-0.05, 0) is 30.9 Å². The topological polar surface area (TPSA) is 39.4 Å². The zero-order valence-electron chi connectivity index (χ0n) is 12.6. The molecule has 0 aromatic carbocycles. The monoisotopic (exact) mass is 274 g/mol. The average molecular weight is 274 g/mol. The molecule has 0 fully saturated rings. The van der Waals surface area contributed by atoms with E-state index in [1.165, 1.54) is 18.1 Å². The van der Waals surface area contributed by atoms with Gasteiger partial charge in [-0.3, -0.25) is 4.79 Å². The molecule has 3 aliphatic carbocycles. The zero-order chi connectivity index (χ0) is 14.5. The van der Waals surface area contributed by atoms with Crippen LogP contribution in [0.3, 0.4) is 0 Å². The maximum absolute atomic E-state index is 11.5. The Labute approximate surface area is 120 Å². The average Bonchev–Trinajstić information content (AvgIpc) is 2.80. The van der Waals surface area contributed by atoms with E-state index in [0.29, 0.717) is 11.8 Å². The Morgan fingerprint density at radius 2 is 2.25 bits per heavy atom. The number of esters is 1. The van der Waals surface area contributed by atoms with E-state index in [1.807, 2.05) is 6.07 Å². The van der Waals surface area contributed by atoms with E-state index in [-0.39, 0.29) is 17.5 Å². The summed E-state index contributed by atoms with van der Waals surface area (Å²) in [6.45, 7) is 8.15. The van der Waals surface area contributed by atoms with Gasteiger partial charge in [-0.25, -0.2) is 0 Å². The van der Waals surface area contributed by atoms with Crippen molar-refractivity contribution < 1.29 is 13.9 Å². The zero-order valence-corrected chi connectivity index (χ0v) is 12.6. The number of ether oxygens (including phenoxy) is 1. The minimum absolute atomic E-state index is 0.0862. The quantitative estimate of drug-likeness (QED) is 0.577. The van der Waals surface area contributed by atoms with Gasteiger partial charge in [0.2, 0.25) is 0 Å². The molecule has 0 unspecified atom stereocenters. The number of allylic oxidation sites excluding steroid dienone is 1. The predicted octanol–water partition coefficient (Wildman–Crippen LogP) is 3.84. The number of carbonyl (C=O) groups is 1. The molecule has 108 valence electrons. The first-order valence-corrected chi connectivity index (χ1v) is 7.35. The second kappa shape index (κ2) is 4.51. The van der Waals surface area contributed by atoms with Crippen LogP contribution in [0.1, 0.15) is 51.4 Å². The Kier molecular flexibility index (Phi) is 3.03. The van der Waals surface area contributed by atoms with Crippen LogP contribution in [-0.4, -0.2) is 12.1 Å². The van der Waals surface area contributed by atoms with Gasteiger partial charge in [-0.1, -0.05) is 25.5 Å². The fourth-order valence-corrected chi connectivity index (χ4v) is 3.94. The van der Waals surface area contributed by atoms with Gasteiger partial charge in [0.15, 0.2) is 0 Å². The Hall–Kier alpha value is -1.51. The molecular weight excluding hydrogens is 252 g/mol. The highest BCUT2D eigenvalue weighted by atomic mass is 16.5. The molecule has 0 saturated heterocycles. The molecule has 3 nitrogen and oxygen atoms in total. The number of furan rings is 1. The van der Waals surface area contributed by atoms with Crippen LogP contribution in [0, 0.1) is 11.3 Å². The first-order valence-electron chi connectivity index (χ1n) is 7.35. The minimum atomic E-state index is -0.205. The van der Waals surface area contributed by atoms with Gasteiger partial charge in [0, 0.05) is 24.7 Å². The van der Waals surface area contributed by atoms with Crippen molar-refractivity contribution in [3.8, 4) is 0 Å². The normalized spacial score (nSPS) is 35.8. The highest BCUT2D eigenvalue weighted by Crippen LogP contribution is 2.52. The molecule has 0 saturated carbocycles. The maximum Gasteiger partial charge on any atom is 0.302 e. The van der Waals surface area contributed by atoms with Gasteiger partial charge >= 0.3 is 5.97 Å². The third kappa shape index (κ3) is 1.83. The number of hydrogen-bond acceptors (Lipinski definition) is 3.